The first-order valence-electron chi connectivity index (χ1n) is 2.53. The van der Waals surface area contributed by atoms with Crippen LogP contribution in [0.1, 0.15) is 4.88 Å². The maximum absolute atomic E-state index is 10.1. The van der Waals surface area contributed by atoms with E-state index in [-0.39, 0.29) is 15.8 Å². The van der Waals surface area contributed by atoms with Crippen LogP contribution in [0.2, 0.25) is 0 Å². The molecule has 1 rings (SSSR count). The largest absolute Gasteiger partial charge is 0.481 e. The van der Waals surface area contributed by atoms with Crippen molar-refractivity contribution in [1.82, 2.24) is 0 Å². The lowest BCUT2D eigenvalue weighted by molar-refractivity contribution is -0.136. The van der Waals surface area contributed by atoms with Crippen LogP contribution < -0.4 is 0 Å². The molecule has 0 aliphatic carbocycles. The second-order valence-corrected chi connectivity index (χ2v) is 2.68. The van der Waals surface area contributed by atoms with Gasteiger partial charge in [-0.1, -0.05) is 6.07 Å². The number of rotatable bonds is 2. The molecule has 0 atom stereocenters. The summed E-state index contributed by atoms with van der Waals surface area (Å²) in [5.41, 5.74) is 0. The SMILES string of the molecule is F.F.O=C(O)Cc1cccs1. The van der Waals surface area contributed by atoms with E-state index in [4.69, 9.17) is 5.11 Å². The highest BCUT2D eigenvalue weighted by molar-refractivity contribution is 7.10. The van der Waals surface area contributed by atoms with Crippen molar-refractivity contribution in [2.45, 2.75) is 6.42 Å². The average molecular weight is 182 g/mol. The Kier molecular flexibility index (Phi) is 6.67. The van der Waals surface area contributed by atoms with Crippen molar-refractivity contribution in [2.75, 3.05) is 0 Å². The van der Waals surface area contributed by atoms with Crippen LogP contribution in [0.25, 0.3) is 0 Å². The first kappa shape index (κ1) is 12.7. The molecule has 0 aliphatic rings. The normalized spacial score (nSPS) is 7.64. The summed E-state index contributed by atoms with van der Waals surface area (Å²) < 4.78 is 0. The summed E-state index contributed by atoms with van der Waals surface area (Å²) in [7, 11) is 0. The number of carboxylic acid groups (broad SMARTS) is 1. The lowest BCUT2D eigenvalue weighted by atomic mass is 10.3. The third-order valence-electron chi connectivity index (χ3n) is 0.906. The molecule has 0 amide bonds. The van der Waals surface area contributed by atoms with Gasteiger partial charge in [-0.2, -0.15) is 0 Å². The Morgan fingerprint density at radius 2 is 2.18 bits per heavy atom. The zero-order valence-corrected chi connectivity index (χ0v) is 6.34. The molecule has 0 aliphatic heterocycles. The van der Waals surface area contributed by atoms with E-state index in [0.717, 1.165) is 4.88 Å². The van der Waals surface area contributed by atoms with Crippen LogP contribution in [0.15, 0.2) is 17.5 Å². The van der Waals surface area contributed by atoms with Crippen LogP contribution in [0, 0.1) is 0 Å². The molecule has 5 heteroatoms. The summed E-state index contributed by atoms with van der Waals surface area (Å²) in [5, 5.41) is 10.2. The van der Waals surface area contributed by atoms with Crippen LogP contribution in [0.4, 0.5) is 9.41 Å². The van der Waals surface area contributed by atoms with E-state index in [1.807, 2.05) is 17.5 Å². The zero-order chi connectivity index (χ0) is 6.69. The summed E-state index contributed by atoms with van der Waals surface area (Å²) in [4.78, 5) is 11.0. The van der Waals surface area contributed by atoms with Gasteiger partial charge in [0, 0.05) is 4.88 Å². The van der Waals surface area contributed by atoms with E-state index in [1.54, 1.807) is 0 Å². The van der Waals surface area contributed by atoms with E-state index in [0.29, 0.717) is 0 Å². The molecule has 0 bridgehead atoms. The molecule has 1 aromatic heterocycles. The molecular formula is C6H8F2O2S. The molecule has 0 spiro atoms. The Balaban J connectivity index is 0. The Morgan fingerprint density at radius 1 is 1.55 bits per heavy atom. The van der Waals surface area contributed by atoms with Gasteiger partial charge in [-0.25, -0.2) is 0 Å². The van der Waals surface area contributed by atoms with Crippen molar-refractivity contribution in [2.24, 2.45) is 0 Å². The van der Waals surface area contributed by atoms with E-state index >= 15 is 0 Å². The van der Waals surface area contributed by atoms with Crippen molar-refractivity contribution >= 4 is 17.3 Å². The smallest absolute Gasteiger partial charge is 0.308 e. The summed E-state index contributed by atoms with van der Waals surface area (Å²) in [6.45, 7) is 0. The van der Waals surface area contributed by atoms with Gasteiger partial charge in [0.1, 0.15) is 0 Å². The highest BCUT2D eigenvalue weighted by Crippen LogP contribution is 2.08. The van der Waals surface area contributed by atoms with Crippen molar-refractivity contribution in [3.8, 4) is 0 Å². The van der Waals surface area contributed by atoms with Gasteiger partial charge in [0.25, 0.3) is 0 Å². The predicted molar refractivity (Wildman–Crippen MR) is 40.7 cm³/mol. The van der Waals surface area contributed by atoms with Gasteiger partial charge >= 0.3 is 5.97 Å². The highest BCUT2D eigenvalue weighted by atomic mass is 32.1. The Bertz CT molecular complexity index is 198. The molecule has 64 valence electrons. The van der Waals surface area contributed by atoms with Gasteiger partial charge in [-0.05, 0) is 11.4 Å². The van der Waals surface area contributed by atoms with E-state index in [1.165, 1.54) is 11.3 Å². The van der Waals surface area contributed by atoms with Crippen molar-refractivity contribution in [3.05, 3.63) is 22.4 Å². The van der Waals surface area contributed by atoms with Crippen molar-refractivity contribution < 1.29 is 19.3 Å². The van der Waals surface area contributed by atoms with Gasteiger partial charge in [-0.15, -0.1) is 11.3 Å². The monoisotopic (exact) mass is 182 g/mol. The average Bonchev–Trinajstić information content (AvgIpc) is 2.15. The molecule has 0 unspecified atom stereocenters. The second kappa shape index (κ2) is 5.79. The fourth-order valence-electron chi connectivity index (χ4n) is 0.562. The molecule has 1 aromatic rings. The standard InChI is InChI=1S/C6H6O2S.2FH/c7-6(8)4-5-2-1-3-9-5;;/h1-3H,4H2,(H,7,8);2*1H. The Hall–Kier alpha value is -0.970. The molecule has 0 fully saturated rings. The lowest BCUT2D eigenvalue weighted by Gasteiger charge is -1.85. The van der Waals surface area contributed by atoms with Crippen LogP contribution in [0.3, 0.4) is 0 Å². The van der Waals surface area contributed by atoms with Crippen molar-refractivity contribution in [3.63, 3.8) is 0 Å². The highest BCUT2D eigenvalue weighted by Gasteiger charge is 1.98. The van der Waals surface area contributed by atoms with Crippen LogP contribution in [0.5, 0.6) is 0 Å². The number of hydrogen-bond donors (Lipinski definition) is 1. The first-order valence-corrected chi connectivity index (χ1v) is 3.41. The number of hydrogen-bond acceptors (Lipinski definition) is 2. The van der Waals surface area contributed by atoms with E-state index < -0.39 is 5.97 Å². The fraction of sp³-hybridized carbons (Fsp3) is 0.167. The molecule has 0 radical (unpaired) electrons. The molecule has 1 N–H and O–H groups in total. The molecule has 11 heavy (non-hydrogen) atoms. The maximum atomic E-state index is 10.1. The van der Waals surface area contributed by atoms with Gasteiger partial charge in [0.05, 0.1) is 6.42 Å². The topological polar surface area (TPSA) is 37.3 Å². The molecule has 0 aromatic carbocycles. The predicted octanol–water partition coefficient (Wildman–Crippen LogP) is 1.68. The van der Waals surface area contributed by atoms with Crippen LogP contribution in [-0.4, -0.2) is 11.1 Å². The number of carboxylic acids is 1. The van der Waals surface area contributed by atoms with Gasteiger partial charge in [0.2, 0.25) is 0 Å². The lowest BCUT2D eigenvalue weighted by Crippen LogP contribution is -1.96. The summed E-state index contributed by atoms with van der Waals surface area (Å²) >= 11 is 1.47. The quantitative estimate of drug-likeness (QED) is 0.755. The van der Waals surface area contributed by atoms with Gasteiger partial charge < -0.3 is 5.11 Å². The third kappa shape index (κ3) is 4.44. The molecule has 0 saturated carbocycles. The minimum absolute atomic E-state index is 0. The summed E-state index contributed by atoms with van der Waals surface area (Å²) in [6, 6.07) is 3.67. The fourth-order valence-corrected chi connectivity index (χ4v) is 1.26. The molecule has 2 nitrogen and oxygen atoms in total. The number of thiophene rings is 1. The first-order chi connectivity index (χ1) is 4.29. The number of aliphatic carboxylic acids is 1. The number of halogens is 2. The Morgan fingerprint density at radius 3 is 2.55 bits per heavy atom. The minimum atomic E-state index is -0.766. The summed E-state index contributed by atoms with van der Waals surface area (Å²) in [6.07, 6.45) is 0.150. The molecule has 0 saturated heterocycles. The van der Waals surface area contributed by atoms with E-state index in [2.05, 4.69) is 0 Å². The van der Waals surface area contributed by atoms with Gasteiger partial charge in [-0.3, -0.25) is 14.2 Å². The Labute approximate surface area is 66.2 Å². The molecular weight excluding hydrogens is 174 g/mol. The van der Waals surface area contributed by atoms with Gasteiger partial charge in [0.15, 0.2) is 0 Å². The van der Waals surface area contributed by atoms with E-state index in [9.17, 15) is 4.79 Å². The number of carbonyl (C=O) groups is 1. The molecule has 1 heterocycles. The van der Waals surface area contributed by atoms with Crippen LogP contribution >= 0.6 is 11.3 Å². The zero-order valence-electron chi connectivity index (χ0n) is 5.52. The second-order valence-electron chi connectivity index (χ2n) is 1.65. The maximum Gasteiger partial charge on any atom is 0.308 e. The van der Waals surface area contributed by atoms with Crippen LogP contribution in [-0.2, 0) is 11.2 Å². The summed E-state index contributed by atoms with van der Waals surface area (Å²) in [5.74, 6) is -0.766. The van der Waals surface area contributed by atoms with Crippen molar-refractivity contribution in [1.29, 1.82) is 0 Å². The minimum Gasteiger partial charge on any atom is -0.481 e. The third-order valence-corrected chi connectivity index (χ3v) is 1.78.